The Hall–Kier alpha value is -0.600. The smallest absolute Gasteiger partial charge is 0.0878 e. The summed E-state index contributed by atoms with van der Waals surface area (Å²) in [5, 5.41) is 3.30. The second kappa shape index (κ2) is 5.47. The van der Waals surface area contributed by atoms with Crippen molar-refractivity contribution >= 4 is 0 Å². The van der Waals surface area contributed by atoms with Gasteiger partial charge < -0.3 is 10.1 Å². The second-order valence-corrected chi connectivity index (χ2v) is 4.54. The Morgan fingerprint density at radius 2 is 2.40 bits per heavy atom. The molecule has 0 aromatic heterocycles. The van der Waals surface area contributed by atoms with Gasteiger partial charge >= 0.3 is 0 Å². The monoisotopic (exact) mass is 211 g/mol. The van der Waals surface area contributed by atoms with Crippen LogP contribution in [0.1, 0.15) is 35.5 Å². The van der Waals surface area contributed by atoms with Gasteiger partial charge in [0.1, 0.15) is 0 Å². The van der Waals surface area contributed by atoms with Crippen molar-refractivity contribution in [2.24, 2.45) is 0 Å². The maximum atomic E-state index is 6.06. The average Bonchev–Trinajstić information content (AvgIpc) is 2.13. The third-order valence-electron chi connectivity index (χ3n) is 2.59. The quantitative estimate of drug-likeness (QED) is 0.755. The Morgan fingerprint density at radius 1 is 1.67 bits per heavy atom. The van der Waals surface area contributed by atoms with E-state index in [1.165, 1.54) is 5.57 Å². The van der Waals surface area contributed by atoms with Crippen LogP contribution < -0.4 is 5.32 Å². The predicted molar refractivity (Wildman–Crippen MR) is 67.1 cm³/mol. The number of hydrogen-bond donors (Lipinski definition) is 1. The summed E-state index contributed by atoms with van der Waals surface area (Å²) in [6, 6.07) is 0. The summed E-state index contributed by atoms with van der Waals surface area (Å²) in [6.07, 6.45) is 7.79. The van der Waals surface area contributed by atoms with Crippen LogP contribution in [0.3, 0.4) is 0 Å². The largest absolute Gasteiger partial charge is 0.367 e. The van der Waals surface area contributed by atoms with Crippen LogP contribution in [0.5, 0.6) is 0 Å². The van der Waals surface area contributed by atoms with Crippen molar-refractivity contribution in [3.8, 4) is 0 Å². The standard InChI is InChI=1S/C13H23NO.H2/c1-5-14-10-12(3)15-13(4)8-6-7-11(2)9-13;/h6-7,9,12,14H,5,8,10H2,1-4H3;1H/t12-,13?;/m0./s1. The van der Waals surface area contributed by atoms with Gasteiger partial charge in [-0.2, -0.15) is 0 Å². The van der Waals surface area contributed by atoms with E-state index in [4.69, 9.17) is 4.74 Å². The van der Waals surface area contributed by atoms with Gasteiger partial charge in [-0.15, -0.1) is 0 Å². The highest BCUT2D eigenvalue weighted by Gasteiger charge is 2.25. The maximum absolute atomic E-state index is 6.06. The molecule has 1 rings (SSSR count). The van der Waals surface area contributed by atoms with E-state index in [2.05, 4.69) is 51.2 Å². The molecule has 2 atom stereocenters. The summed E-state index contributed by atoms with van der Waals surface area (Å²) in [5.74, 6) is 0. The fourth-order valence-electron chi connectivity index (χ4n) is 2.00. The average molecular weight is 211 g/mol. The van der Waals surface area contributed by atoms with E-state index in [9.17, 15) is 0 Å². The molecular formula is C13H25NO. The molecule has 1 aliphatic carbocycles. The zero-order chi connectivity index (χ0) is 11.3. The highest BCUT2D eigenvalue weighted by atomic mass is 16.5. The molecule has 2 heteroatoms. The number of allylic oxidation sites excluding steroid dienone is 2. The third-order valence-corrected chi connectivity index (χ3v) is 2.59. The number of likely N-dealkylation sites (N-methyl/N-ethyl adjacent to an activating group) is 1. The van der Waals surface area contributed by atoms with Crippen molar-refractivity contribution in [1.82, 2.24) is 5.32 Å². The summed E-state index contributed by atoms with van der Waals surface area (Å²) in [5.41, 5.74) is 1.17. The second-order valence-electron chi connectivity index (χ2n) is 4.54. The predicted octanol–water partition coefficient (Wildman–Crippen LogP) is 2.91. The van der Waals surface area contributed by atoms with Gasteiger partial charge in [0.2, 0.25) is 0 Å². The number of ether oxygens (including phenoxy) is 1. The van der Waals surface area contributed by atoms with Crippen LogP contribution in [0.25, 0.3) is 0 Å². The minimum atomic E-state index is -0.117. The molecule has 88 valence electrons. The topological polar surface area (TPSA) is 21.3 Å². The van der Waals surface area contributed by atoms with Gasteiger partial charge in [0.05, 0.1) is 11.7 Å². The molecule has 0 bridgehead atoms. The lowest BCUT2D eigenvalue weighted by molar-refractivity contribution is -0.0414. The van der Waals surface area contributed by atoms with E-state index in [0.717, 1.165) is 19.5 Å². The molecule has 0 aromatic rings. The summed E-state index contributed by atoms with van der Waals surface area (Å²) >= 11 is 0. The Kier molecular flexibility index (Phi) is 4.55. The van der Waals surface area contributed by atoms with Crippen molar-refractivity contribution < 1.29 is 6.16 Å². The first-order valence-electron chi connectivity index (χ1n) is 5.80. The van der Waals surface area contributed by atoms with Crippen LogP contribution in [-0.4, -0.2) is 24.8 Å². The van der Waals surface area contributed by atoms with E-state index in [0.29, 0.717) is 0 Å². The van der Waals surface area contributed by atoms with E-state index >= 15 is 0 Å². The Labute approximate surface area is 94.9 Å². The van der Waals surface area contributed by atoms with Crippen LogP contribution >= 0.6 is 0 Å². The summed E-state index contributed by atoms with van der Waals surface area (Å²) in [4.78, 5) is 0. The molecule has 0 spiro atoms. The number of hydrogen-bond acceptors (Lipinski definition) is 2. The summed E-state index contributed by atoms with van der Waals surface area (Å²) in [6.45, 7) is 10.4. The van der Waals surface area contributed by atoms with Gasteiger partial charge in [-0.3, -0.25) is 0 Å². The van der Waals surface area contributed by atoms with Gasteiger partial charge in [0.25, 0.3) is 0 Å². The fourth-order valence-corrected chi connectivity index (χ4v) is 2.00. The van der Waals surface area contributed by atoms with Crippen molar-refractivity contribution in [3.63, 3.8) is 0 Å². The molecule has 0 aromatic carbocycles. The van der Waals surface area contributed by atoms with Gasteiger partial charge in [-0.25, -0.2) is 0 Å². The first-order valence-corrected chi connectivity index (χ1v) is 5.80. The van der Waals surface area contributed by atoms with E-state index in [1.54, 1.807) is 0 Å². The maximum Gasteiger partial charge on any atom is 0.0878 e. The molecule has 1 unspecified atom stereocenters. The molecule has 0 amide bonds. The Balaban J connectivity index is 0.00000225. The SMILES string of the molecule is CCNC[C@H](C)OC1(C)C=C(C)C=CC1.[HH]. The molecule has 0 radical (unpaired) electrons. The number of nitrogens with one attached hydrogen (secondary N) is 1. The normalized spacial score (nSPS) is 27.6. The van der Waals surface area contributed by atoms with E-state index < -0.39 is 0 Å². The molecular weight excluding hydrogens is 186 g/mol. The molecule has 1 aliphatic rings. The summed E-state index contributed by atoms with van der Waals surface area (Å²) < 4.78 is 6.06. The number of rotatable bonds is 5. The molecule has 0 aliphatic heterocycles. The van der Waals surface area contributed by atoms with E-state index in [1.807, 2.05) is 0 Å². The molecule has 0 saturated carbocycles. The van der Waals surface area contributed by atoms with Crippen molar-refractivity contribution in [2.45, 2.75) is 45.8 Å². The minimum absolute atomic E-state index is 0. The van der Waals surface area contributed by atoms with Crippen molar-refractivity contribution in [2.75, 3.05) is 13.1 Å². The minimum Gasteiger partial charge on any atom is -0.367 e. The van der Waals surface area contributed by atoms with Crippen LogP contribution in [0.2, 0.25) is 0 Å². The lowest BCUT2D eigenvalue weighted by Crippen LogP contribution is -2.36. The Bertz CT molecular complexity index is 263. The lowest BCUT2D eigenvalue weighted by Gasteiger charge is -2.31. The van der Waals surface area contributed by atoms with Gasteiger partial charge in [0.15, 0.2) is 0 Å². The van der Waals surface area contributed by atoms with Crippen LogP contribution in [0.4, 0.5) is 0 Å². The van der Waals surface area contributed by atoms with Crippen LogP contribution in [0.15, 0.2) is 23.8 Å². The van der Waals surface area contributed by atoms with Crippen LogP contribution in [-0.2, 0) is 4.74 Å². The molecule has 0 heterocycles. The first-order chi connectivity index (χ1) is 7.06. The molecule has 0 fully saturated rings. The highest BCUT2D eigenvalue weighted by Crippen LogP contribution is 2.26. The third kappa shape index (κ3) is 4.18. The lowest BCUT2D eigenvalue weighted by atomic mass is 9.93. The zero-order valence-corrected chi connectivity index (χ0v) is 10.3. The molecule has 1 N–H and O–H groups in total. The highest BCUT2D eigenvalue weighted by molar-refractivity contribution is 5.26. The molecule has 2 nitrogen and oxygen atoms in total. The van der Waals surface area contributed by atoms with Crippen molar-refractivity contribution in [3.05, 3.63) is 23.8 Å². The molecule has 15 heavy (non-hydrogen) atoms. The van der Waals surface area contributed by atoms with Crippen LogP contribution in [0, 0.1) is 0 Å². The van der Waals surface area contributed by atoms with E-state index in [-0.39, 0.29) is 13.1 Å². The fraction of sp³-hybridized carbons (Fsp3) is 0.692. The Morgan fingerprint density at radius 3 is 3.00 bits per heavy atom. The van der Waals surface area contributed by atoms with Gasteiger partial charge in [-0.05, 0) is 39.8 Å². The zero-order valence-electron chi connectivity index (χ0n) is 10.3. The molecule has 0 saturated heterocycles. The summed E-state index contributed by atoms with van der Waals surface area (Å²) in [7, 11) is 0. The van der Waals surface area contributed by atoms with Crippen molar-refractivity contribution in [1.29, 1.82) is 0 Å². The van der Waals surface area contributed by atoms with Gasteiger partial charge in [-0.1, -0.05) is 24.6 Å². The van der Waals surface area contributed by atoms with Gasteiger partial charge in [0, 0.05) is 7.97 Å². The first kappa shape index (κ1) is 12.5.